The fourth-order valence-electron chi connectivity index (χ4n) is 3.03. The van der Waals surface area contributed by atoms with E-state index in [2.05, 4.69) is 22.4 Å². The van der Waals surface area contributed by atoms with Gasteiger partial charge in [-0.1, -0.05) is 24.9 Å². The van der Waals surface area contributed by atoms with Crippen LogP contribution in [0.2, 0.25) is 0 Å². The number of benzene rings is 1. The first-order valence-corrected chi connectivity index (χ1v) is 8.45. The second-order valence-electron chi connectivity index (χ2n) is 6.38. The van der Waals surface area contributed by atoms with Crippen LogP contribution in [0.15, 0.2) is 28.8 Å². The molecule has 0 saturated heterocycles. The molecule has 0 unspecified atom stereocenters. The van der Waals surface area contributed by atoms with Crippen LogP contribution < -0.4 is 10.1 Å². The average Bonchev–Trinajstić information content (AvgIpc) is 3.01. The summed E-state index contributed by atoms with van der Waals surface area (Å²) in [7, 11) is 0. The van der Waals surface area contributed by atoms with Crippen molar-refractivity contribution in [1.29, 1.82) is 0 Å². The van der Waals surface area contributed by atoms with Gasteiger partial charge in [0, 0.05) is 18.5 Å². The Kier molecular flexibility index (Phi) is 5.13. The number of rotatable bonds is 5. The van der Waals surface area contributed by atoms with Gasteiger partial charge in [0.25, 0.3) is 5.91 Å². The molecule has 2 atom stereocenters. The van der Waals surface area contributed by atoms with E-state index in [0.29, 0.717) is 28.9 Å². The van der Waals surface area contributed by atoms with Gasteiger partial charge >= 0.3 is 0 Å². The minimum atomic E-state index is -0.0194. The molecule has 1 heterocycles. The van der Waals surface area contributed by atoms with Crippen LogP contribution in [0.4, 0.5) is 0 Å². The van der Waals surface area contributed by atoms with Crippen LogP contribution >= 0.6 is 0 Å². The van der Waals surface area contributed by atoms with Crippen LogP contribution in [-0.4, -0.2) is 22.1 Å². The Bertz CT molecular complexity index is 681. The number of ether oxygens (including phenoxy) is 1. The van der Waals surface area contributed by atoms with E-state index in [0.717, 1.165) is 6.42 Å². The number of amides is 1. The van der Waals surface area contributed by atoms with Gasteiger partial charge < -0.3 is 14.6 Å². The second-order valence-corrected chi connectivity index (χ2v) is 6.38. The third kappa shape index (κ3) is 4.13. The Hall–Kier alpha value is -2.37. The summed E-state index contributed by atoms with van der Waals surface area (Å²) in [6.07, 6.45) is 4.71. The summed E-state index contributed by atoms with van der Waals surface area (Å²) >= 11 is 0. The first-order chi connectivity index (χ1) is 11.6. The Morgan fingerprint density at radius 2 is 2.04 bits per heavy atom. The highest BCUT2D eigenvalue weighted by Gasteiger charge is 2.23. The number of hydrogen-bond acceptors (Lipinski definition) is 5. The van der Waals surface area contributed by atoms with Crippen molar-refractivity contribution in [3.05, 3.63) is 41.5 Å². The van der Waals surface area contributed by atoms with Crippen molar-refractivity contribution >= 4 is 5.91 Å². The lowest BCUT2D eigenvalue weighted by atomic mass is 9.86. The number of nitrogens with one attached hydrogen (secondary N) is 1. The van der Waals surface area contributed by atoms with E-state index >= 15 is 0 Å². The monoisotopic (exact) mass is 329 g/mol. The zero-order valence-electron chi connectivity index (χ0n) is 14.1. The number of hydrogen-bond donors (Lipinski definition) is 1. The van der Waals surface area contributed by atoms with Gasteiger partial charge in [0.1, 0.15) is 5.75 Å². The van der Waals surface area contributed by atoms with E-state index < -0.39 is 0 Å². The molecule has 1 aromatic carbocycles. The van der Waals surface area contributed by atoms with Crippen molar-refractivity contribution in [1.82, 2.24) is 15.5 Å². The number of aromatic nitrogens is 2. The van der Waals surface area contributed by atoms with Crippen molar-refractivity contribution in [2.75, 3.05) is 0 Å². The second kappa shape index (κ2) is 7.47. The minimum Gasteiger partial charge on any atom is -0.485 e. The zero-order valence-corrected chi connectivity index (χ0v) is 14.1. The Morgan fingerprint density at radius 1 is 1.29 bits per heavy atom. The Balaban J connectivity index is 1.54. The Morgan fingerprint density at radius 3 is 2.71 bits per heavy atom. The molecule has 3 rings (SSSR count). The fraction of sp³-hybridized carbons (Fsp3) is 0.500. The highest BCUT2D eigenvalue weighted by atomic mass is 16.5. The number of carbonyl (C=O) groups is 1. The van der Waals surface area contributed by atoms with Crippen molar-refractivity contribution in [2.45, 2.75) is 52.2 Å². The summed E-state index contributed by atoms with van der Waals surface area (Å²) in [6, 6.07) is 7.40. The summed E-state index contributed by atoms with van der Waals surface area (Å²) in [6.45, 7) is 4.18. The highest BCUT2D eigenvalue weighted by molar-refractivity contribution is 5.94. The lowest BCUT2D eigenvalue weighted by molar-refractivity contribution is 0.0910. The molecule has 0 bridgehead atoms. The van der Waals surface area contributed by atoms with E-state index in [-0.39, 0.29) is 18.6 Å². The normalized spacial score (nSPS) is 20.6. The molecule has 0 radical (unpaired) electrons. The largest absolute Gasteiger partial charge is 0.485 e. The first-order valence-electron chi connectivity index (χ1n) is 8.45. The van der Waals surface area contributed by atoms with Crippen molar-refractivity contribution in [3.8, 4) is 5.75 Å². The van der Waals surface area contributed by atoms with Gasteiger partial charge in [0.15, 0.2) is 6.61 Å². The summed E-state index contributed by atoms with van der Waals surface area (Å²) in [5, 5.41) is 6.93. The number of nitrogens with zero attached hydrogens (tertiary/aromatic N) is 2. The van der Waals surface area contributed by atoms with Crippen LogP contribution in [0.5, 0.6) is 5.75 Å². The quantitative estimate of drug-likeness (QED) is 0.911. The predicted molar refractivity (Wildman–Crippen MR) is 88.7 cm³/mol. The third-order valence-corrected chi connectivity index (χ3v) is 4.48. The van der Waals surface area contributed by atoms with Crippen molar-refractivity contribution in [3.63, 3.8) is 0 Å². The summed E-state index contributed by atoms with van der Waals surface area (Å²) < 4.78 is 10.5. The standard InChI is InChI=1S/C18H23N3O3/c1-12-5-3-4-6-16(12)20-18(22)14-7-9-15(10-8-14)23-11-17-19-13(2)24-21-17/h7-10,12,16H,3-6,11H2,1-2H3,(H,20,22)/t12-,16-/m1/s1. The summed E-state index contributed by atoms with van der Waals surface area (Å²) in [5.41, 5.74) is 0.649. The van der Waals surface area contributed by atoms with Crippen molar-refractivity contribution in [2.24, 2.45) is 5.92 Å². The fourth-order valence-corrected chi connectivity index (χ4v) is 3.03. The highest BCUT2D eigenvalue weighted by Crippen LogP contribution is 2.24. The van der Waals surface area contributed by atoms with Crippen LogP contribution in [-0.2, 0) is 6.61 Å². The summed E-state index contributed by atoms with van der Waals surface area (Å²) in [4.78, 5) is 16.4. The average molecular weight is 329 g/mol. The van der Waals surface area contributed by atoms with Gasteiger partial charge in [-0.15, -0.1) is 0 Å². The molecule has 2 aromatic rings. The molecule has 6 nitrogen and oxygen atoms in total. The van der Waals surface area contributed by atoms with Crippen molar-refractivity contribution < 1.29 is 14.1 Å². The lowest BCUT2D eigenvalue weighted by Gasteiger charge is -2.29. The van der Waals surface area contributed by atoms with Crippen LogP contribution in [0.1, 0.15) is 54.7 Å². The maximum Gasteiger partial charge on any atom is 0.251 e. The van der Waals surface area contributed by atoms with Gasteiger partial charge in [-0.3, -0.25) is 4.79 Å². The van der Waals surface area contributed by atoms with E-state index in [4.69, 9.17) is 9.26 Å². The van der Waals surface area contributed by atoms with E-state index in [9.17, 15) is 4.79 Å². The van der Waals surface area contributed by atoms with Crippen LogP contribution in [0.25, 0.3) is 0 Å². The van der Waals surface area contributed by atoms with Gasteiger partial charge in [-0.2, -0.15) is 4.98 Å². The van der Waals surface area contributed by atoms with Gasteiger partial charge in [0.2, 0.25) is 11.7 Å². The van der Waals surface area contributed by atoms with E-state index in [1.165, 1.54) is 19.3 Å². The molecule has 0 spiro atoms. The molecule has 0 aliphatic heterocycles. The number of aryl methyl sites for hydroxylation is 1. The molecule has 24 heavy (non-hydrogen) atoms. The molecule has 128 valence electrons. The molecule has 1 aromatic heterocycles. The van der Waals surface area contributed by atoms with Gasteiger partial charge in [-0.05, 0) is 43.0 Å². The topological polar surface area (TPSA) is 77.2 Å². The van der Waals surface area contributed by atoms with Crippen LogP contribution in [0, 0.1) is 12.8 Å². The van der Waals surface area contributed by atoms with E-state index in [1.54, 1.807) is 31.2 Å². The molecule has 1 amide bonds. The first kappa shape index (κ1) is 16.5. The molecule has 1 N–H and O–H groups in total. The molecule has 6 heteroatoms. The molecule has 1 aliphatic rings. The van der Waals surface area contributed by atoms with Gasteiger partial charge in [-0.25, -0.2) is 0 Å². The third-order valence-electron chi connectivity index (χ3n) is 4.48. The molecule has 1 saturated carbocycles. The molecular formula is C18H23N3O3. The minimum absolute atomic E-state index is 0.0194. The maximum atomic E-state index is 12.4. The SMILES string of the molecule is Cc1nc(COc2ccc(C(=O)N[C@@H]3CCCC[C@H]3C)cc2)no1. The predicted octanol–water partition coefficient (Wildman–Crippen LogP) is 3.27. The lowest BCUT2D eigenvalue weighted by Crippen LogP contribution is -2.41. The maximum absolute atomic E-state index is 12.4. The zero-order chi connectivity index (χ0) is 16.9. The Labute approximate surface area is 141 Å². The summed E-state index contributed by atoms with van der Waals surface area (Å²) in [5.74, 6) is 2.20. The number of carbonyl (C=O) groups excluding carboxylic acids is 1. The molecule has 1 fully saturated rings. The van der Waals surface area contributed by atoms with Crippen LogP contribution in [0.3, 0.4) is 0 Å². The molecule has 1 aliphatic carbocycles. The smallest absolute Gasteiger partial charge is 0.251 e. The van der Waals surface area contributed by atoms with E-state index in [1.807, 2.05) is 0 Å². The van der Waals surface area contributed by atoms with Gasteiger partial charge in [0.05, 0.1) is 0 Å². The molecular weight excluding hydrogens is 306 g/mol.